The van der Waals surface area contributed by atoms with Gasteiger partial charge in [0.05, 0.1) is 5.02 Å². The van der Waals surface area contributed by atoms with Gasteiger partial charge in [-0.05, 0) is 78.5 Å². The van der Waals surface area contributed by atoms with Crippen molar-refractivity contribution >= 4 is 46.0 Å². The fourth-order valence-corrected chi connectivity index (χ4v) is 6.48. The largest absolute Gasteiger partial charge is 0.482 e. The molecule has 0 spiro atoms. The Bertz CT molecular complexity index is 1030. The molecule has 1 aromatic heterocycles. The van der Waals surface area contributed by atoms with Crippen LogP contribution in [-0.4, -0.2) is 28.5 Å². The second-order valence-electron chi connectivity index (χ2n) is 9.28. The molecular formula is C25H31ClFIN4O2. The van der Waals surface area contributed by atoms with Crippen LogP contribution in [0, 0.1) is 15.3 Å². The molecule has 0 radical (unpaired) electrons. The first-order valence-electron chi connectivity index (χ1n) is 11.9. The number of nitrogens with one attached hydrogen (secondary N) is 1. The summed E-state index contributed by atoms with van der Waals surface area (Å²) in [4.78, 5) is 19.1. The lowest BCUT2D eigenvalue weighted by atomic mass is 9.97. The summed E-state index contributed by atoms with van der Waals surface area (Å²) in [6.07, 6.45) is 9.60. The summed E-state index contributed by atoms with van der Waals surface area (Å²) in [7, 11) is 0. The number of urea groups is 1. The molecule has 2 heterocycles. The Balaban J connectivity index is 1.38. The zero-order valence-corrected chi connectivity index (χ0v) is 22.2. The van der Waals surface area contributed by atoms with Gasteiger partial charge in [0.25, 0.3) is 0 Å². The SMILES string of the molecule is CC(Oc1cc(CNC(=O)N2CCC[C@@H]2CC2CCCC2)cnc1N)c1c(I)ccc(F)c1Cl. The molecule has 1 saturated heterocycles. The van der Waals surface area contributed by atoms with Gasteiger partial charge in [0, 0.05) is 34.5 Å². The van der Waals surface area contributed by atoms with Gasteiger partial charge in [-0.15, -0.1) is 0 Å². The summed E-state index contributed by atoms with van der Waals surface area (Å²) in [6.45, 7) is 2.92. The maximum Gasteiger partial charge on any atom is 0.317 e. The van der Waals surface area contributed by atoms with E-state index in [2.05, 4.69) is 32.9 Å². The van der Waals surface area contributed by atoms with Gasteiger partial charge < -0.3 is 20.7 Å². The summed E-state index contributed by atoms with van der Waals surface area (Å²) in [5, 5.41) is 3.07. The van der Waals surface area contributed by atoms with Crippen molar-refractivity contribution in [2.75, 3.05) is 12.3 Å². The highest BCUT2D eigenvalue weighted by molar-refractivity contribution is 14.1. The number of amides is 2. The van der Waals surface area contributed by atoms with Gasteiger partial charge in [0.15, 0.2) is 11.6 Å². The van der Waals surface area contributed by atoms with Gasteiger partial charge in [0.1, 0.15) is 11.9 Å². The number of carbonyl (C=O) groups is 1. The predicted molar refractivity (Wildman–Crippen MR) is 140 cm³/mol. The average Bonchev–Trinajstić information content (AvgIpc) is 3.49. The van der Waals surface area contributed by atoms with Gasteiger partial charge >= 0.3 is 6.03 Å². The highest BCUT2D eigenvalue weighted by Crippen LogP contribution is 2.35. The van der Waals surface area contributed by atoms with Crippen LogP contribution in [0.5, 0.6) is 5.75 Å². The van der Waals surface area contributed by atoms with Crippen molar-refractivity contribution < 1.29 is 13.9 Å². The normalized spacial score (nSPS) is 19.4. The molecule has 1 aliphatic heterocycles. The number of rotatable bonds is 7. The molecule has 1 unspecified atom stereocenters. The summed E-state index contributed by atoms with van der Waals surface area (Å²) in [6, 6.07) is 5.06. The van der Waals surface area contributed by atoms with E-state index in [0.717, 1.165) is 40.9 Å². The number of carbonyl (C=O) groups excluding carboxylic acids is 1. The minimum absolute atomic E-state index is 0.0331. The molecule has 3 N–H and O–H groups in total. The predicted octanol–water partition coefficient (Wildman–Crippen LogP) is 6.46. The molecule has 6 nitrogen and oxygen atoms in total. The summed E-state index contributed by atoms with van der Waals surface area (Å²) >= 11 is 8.29. The van der Waals surface area contributed by atoms with Crippen LogP contribution in [0.4, 0.5) is 15.0 Å². The van der Waals surface area contributed by atoms with Gasteiger partial charge in [-0.2, -0.15) is 0 Å². The number of aromatic nitrogens is 1. The lowest BCUT2D eigenvalue weighted by molar-refractivity contribution is 0.183. The first-order chi connectivity index (χ1) is 16.3. The number of pyridine rings is 1. The Kier molecular flexibility index (Phi) is 8.39. The smallest absolute Gasteiger partial charge is 0.317 e. The van der Waals surface area contributed by atoms with E-state index in [0.29, 0.717) is 23.9 Å². The second-order valence-corrected chi connectivity index (χ2v) is 10.8. The number of hydrogen-bond donors (Lipinski definition) is 2. The van der Waals surface area contributed by atoms with Crippen molar-refractivity contribution in [3.05, 3.63) is 49.9 Å². The van der Waals surface area contributed by atoms with Crippen LogP contribution in [0.3, 0.4) is 0 Å². The lowest BCUT2D eigenvalue weighted by Crippen LogP contribution is -2.43. The van der Waals surface area contributed by atoms with E-state index in [1.165, 1.54) is 31.7 Å². The van der Waals surface area contributed by atoms with Crippen LogP contribution < -0.4 is 15.8 Å². The van der Waals surface area contributed by atoms with Crippen LogP contribution in [0.15, 0.2) is 24.4 Å². The molecular weight excluding hydrogens is 570 g/mol. The number of ether oxygens (including phenoxy) is 1. The zero-order valence-electron chi connectivity index (χ0n) is 19.3. The number of likely N-dealkylation sites (tertiary alicyclic amines) is 1. The Morgan fingerprint density at radius 3 is 2.88 bits per heavy atom. The third-order valence-electron chi connectivity index (χ3n) is 6.89. The second kappa shape index (κ2) is 11.3. The molecule has 2 atom stereocenters. The van der Waals surface area contributed by atoms with Crippen molar-refractivity contribution in [3.63, 3.8) is 0 Å². The van der Waals surface area contributed by atoms with E-state index in [1.54, 1.807) is 25.3 Å². The van der Waals surface area contributed by atoms with Crippen molar-refractivity contribution in [2.24, 2.45) is 5.92 Å². The Morgan fingerprint density at radius 1 is 1.35 bits per heavy atom. The molecule has 34 heavy (non-hydrogen) atoms. The molecule has 1 aliphatic carbocycles. The van der Waals surface area contributed by atoms with E-state index in [4.69, 9.17) is 22.1 Å². The van der Waals surface area contributed by atoms with Crippen LogP contribution in [0.2, 0.25) is 5.02 Å². The summed E-state index contributed by atoms with van der Waals surface area (Å²) in [5.41, 5.74) is 7.37. The minimum atomic E-state index is -0.537. The van der Waals surface area contributed by atoms with Gasteiger partial charge in [-0.3, -0.25) is 0 Å². The average molecular weight is 601 g/mol. The molecule has 2 fully saturated rings. The highest BCUT2D eigenvalue weighted by Gasteiger charge is 2.31. The number of nitrogens with two attached hydrogens (primary N) is 1. The van der Waals surface area contributed by atoms with Crippen LogP contribution in [0.1, 0.15) is 69.1 Å². The lowest BCUT2D eigenvalue weighted by Gasteiger charge is -2.27. The fraction of sp³-hybridized carbons (Fsp3) is 0.520. The summed E-state index contributed by atoms with van der Waals surface area (Å²) in [5.74, 6) is 0.857. The topological polar surface area (TPSA) is 80.5 Å². The number of nitrogens with zero attached hydrogens (tertiary/aromatic N) is 2. The van der Waals surface area contributed by atoms with Crippen molar-refractivity contribution in [3.8, 4) is 5.75 Å². The summed E-state index contributed by atoms with van der Waals surface area (Å²) < 4.78 is 20.8. The van der Waals surface area contributed by atoms with Crippen molar-refractivity contribution in [2.45, 2.75) is 70.6 Å². The number of nitrogen functional groups attached to an aromatic ring is 1. The first-order valence-corrected chi connectivity index (χ1v) is 13.4. The molecule has 1 saturated carbocycles. The van der Waals surface area contributed by atoms with Gasteiger partial charge in [0.2, 0.25) is 0 Å². The van der Waals surface area contributed by atoms with Crippen LogP contribution >= 0.6 is 34.2 Å². The maximum atomic E-state index is 14.0. The van der Waals surface area contributed by atoms with E-state index >= 15 is 0 Å². The zero-order chi connectivity index (χ0) is 24.2. The maximum absolute atomic E-state index is 14.0. The van der Waals surface area contributed by atoms with Crippen LogP contribution in [-0.2, 0) is 6.54 Å². The molecule has 1 aromatic carbocycles. The monoisotopic (exact) mass is 600 g/mol. The molecule has 2 amide bonds. The molecule has 184 valence electrons. The quantitative estimate of drug-likeness (QED) is 0.283. The number of hydrogen-bond acceptors (Lipinski definition) is 4. The highest BCUT2D eigenvalue weighted by atomic mass is 127. The van der Waals surface area contributed by atoms with Crippen molar-refractivity contribution in [1.29, 1.82) is 0 Å². The van der Waals surface area contributed by atoms with E-state index in [-0.39, 0.29) is 16.9 Å². The molecule has 2 aromatic rings. The Morgan fingerprint density at radius 2 is 2.12 bits per heavy atom. The third-order valence-corrected chi connectivity index (χ3v) is 8.21. The van der Waals surface area contributed by atoms with Crippen LogP contribution in [0.25, 0.3) is 0 Å². The Hall–Kier alpha value is -1.81. The number of benzene rings is 1. The number of anilines is 1. The van der Waals surface area contributed by atoms with E-state index in [9.17, 15) is 9.18 Å². The molecule has 4 rings (SSSR count). The fourth-order valence-electron chi connectivity index (χ4n) is 5.11. The minimum Gasteiger partial charge on any atom is -0.482 e. The van der Waals surface area contributed by atoms with Gasteiger partial charge in [-0.25, -0.2) is 14.2 Å². The van der Waals surface area contributed by atoms with E-state index in [1.807, 2.05) is 4.90 Å². The third kappa shape index (κ3) is 5.87. The Labute approximate surface area is 218 Å². The molecule has 9 heteroatoms. The standard InChI is InChI=1S/C25H31ClFIN4O2/c1-15(22-20(28)9-8-19(27)23(22)26)34-21-12-17(13-30-24(21)29)14-31-25(33)32-10-4-7-18(32)11-16-5-2-3-6-16/h8-9,12-13,15-16,18H,2-7,10-11,14H2,1H3,(H2,29,30)(H,31,33)/t15?,18-/m1/s1. The molecule has 2 aliphatic rings. The van der Waals surface area contributed by atoms with E-state index < -0.39 is 11.9 Å². The number of halogens is 3. The first kappa shape index (κ1) is 25.3. The molecule has 0 bridgehead atoms. The van der Waals surface area contributed by atoms with Crippen molar-refractivity contribution in [1.82, 2.24) is 15.2 Å². The van der Waals surface area contributed by atoms with Gasteiger partial charge in [-0.1, -0.05) is 37.3 Å².